The highest BCUT2D eigenvalue weighted by Gasteiger charge is 2.43. The third kappa shape index (κ3) is 3.93. The van der Waals surface area contributed by atoms with E-state index in [4.69, 9.17) is 16.3 Å². The molecule has 4 rings (SSSR count). The lowest BCUT2D eigenvalue weighted by atomic mass is 9.67. The molecule has 3 N–H and O–H groups in total. The molecule has 0 spiro atoms. The maximum absolute atomic E-state index is 6.33. The average Bonchev–Trinajstić information content (AvgIpc) is 3.14. The second-order valence-corrected chi connectivity index (χ2v) is 9.08. The molecular formula is C19H34ClN3O. The molecule has 0 amide bonds. The van der Waals surface area contributed by atoms with E-state index in [-0.39, 0.29) is 0 Å². The van der Waals surface area contributed by atoms with Crippen molar-refractivity contribution in [3.8, 4) is 0 Å². The molecule has 0 radical (unpaired) electrons. The lowest BCUT2D eigenvalue weighted by molar-refractivity contribution is 0.0178. The highest BCUT2D eigenvalue weighted by Crippen LogP contribution is 2.41. The molecule has 4 aliphatic rings. The minimum Gasteiger partial charge on any atom is -0.377 e. The number of hydrogen-bond acceptors (Lipinski definition) is 4. The largest absolute Gasteiger partial charge is 0.377 e. The second kappa shape index (κ2) is 8.22. The Balaban J connectivity index is 1.36. The molecule has 2 aliphatic heterocycles. The van der Waals surface area contributed by atoms with Crippen molar-refractivity contribution in [3.05, 3.63) is 0 Å². The van der Waals surface area contributed by atoms with E-state index in [0.29, 0.717) is 23.7 Å². The van der Waals surface area contributed by atoms with E-state index in [9.17, 15) is 0 Å². The Bertz CT molecular complexity index is 396. The maximum atomic E-state index is 6.33. The lowest BCUT2D eigenvalue weighted by Gasteiger charge is -2.50. The first-order chi connectivity index (χ1) is 11.8. The summed E-state index contributed by atoms with van der Waals surface area (Å²) in [6.45, 7) is 1.94. The summed E-state index contributed by atoms with van der Waals surface area (Å²) in [5, 5.41) is 4.19. The summed E-state index contributed by atoms with van der Waals surface area (Å²) in [6.07, 6.45) is 13.8. The van der Waals surface area contributed by atoms with Crippen LogP contribution in [0.25, 0.3) is 0 Å². The van der Waals surface area contributed by atoms with Crippen molar-refractivity contribution >= 4 is 11.6 Å². The fourth-order valence-corrected chi connectivity index (χ4v) is 5.87. The van der Waals surface area contributed by atoms with E-state index >= 15 is 0 Å². The van der Waals surface area contributed by atoms with Gasteiger partial charge in [0.15, 0.2) is 0 Å². The van der Waals surface area contributed by atoms with Gasteiger partial charge in [0.1, 0.15) is 0 Å². The maximum Gasteiger partial charge on any atom is 0.0736 e. The van der Waals surface area contributed by atoms with E-state index in [0.717, 1.165) is 30.9 Å². The summed E-state index contributed by atoms with van der Waals surface area (Å²) in [7, 11) is 0. The fourth-order valence-electron chi connectivity index (χ4n) is 5.62. The topological polar surface area (TPSA) is 45.3 Å². The molecule has 5 unspecified atom stereocenters. The Morgan fingerprint density at radius 1 is 0.875 bits per heavy atom. The molecule has 4 nitrogen and oxygen atoms in total. The summed E-state index contributed by atoms with van der Waals surface area (Å²) in [6, 6.07) is 0.639. The molecule has 0 aromatic carbocycles. The minimum atomic E-state index is 0.403. The number of halogens is 1. The van der Waals surface area contributed by atoms with Crippen molar-refractivity contribution in [1.29, 1.82) is 0 Å². The summed E-state index contributed by atoms with van der Waals surface area (Å²) in [4.78, 5) is 0. The molecule has 138 valence electrons. The molecule has 0 bridgehead atoms. The number of rotatable bonds is 4. The predicted octanol–water partition coefficient (Wildman–Crippen LogP) is 3.16. The zero-order valence-electron chi connectivity index (χ0n) is 14.8. The predicted molar refractivity (Wildman–Crippen MR) is 97.9 cm³/mol. The van der Waals surface area contributed by atoms with Crippen LogP contribution < -0.4 is 16.2 Å². The van der Waals surface area contributed by atoms with Gasteiger partial charge in [0.25, 0.3) is 0 Å². The van der Waals surface area contributed by atoms with Crippen LogP contribution in [0.2, 0.25) is 0 Å². The normalized spacial score (nSPS) is 46.6. The Morgan fingerprint density at radius 2 is 1.67 bits per heavy atom. The van der Waals surface area contributed by atoms with Crippen LogP contribution in [0.1, 0.15) is 64.2 Å². The number of nitrogens with one attached hydrogen (secondary N) is 3. The van der Waals surface area contributed by atoms with Crippen molar-refractivity contribution in [1.82, 2.24) is 16.2 Å². The number of fused-ring (bicyclic) bond motifs is 1. The highest BCUT2D eigenvalue weighted by molar-refractivity contribution is 6.20. The van der Waals surface area contributed by atoms with Crippen molar-refractivity contribution in [2.75, 3.05) is 13.2 Å². The first-order valence-electron chi connectivity index (χ1n) is 10.3. The summed E-state index contributed by atoms with van der Waals surface area (Å²) in [5.74, 6) is 2.39. The van der Waals surface area contributed by atoms with Crippen LogP contribution in [0.4, 0.5) is 0 Å². The lowest BCUT2D eigenvalue weighted by Crippen LogP contribution is -2.68. The minimum absolute atomic E-state index is 0.403. The van der Waals surface area contributed by atoms with E-state index in [1.807, 2.05) is 0 Å². The van der Waals surface area contributed by atoms with Gasteiger partial charge in [-0.1, -0.05) is 12.8 Å². The molecule has 2 aliphatic carbocycles. The molecule has 5 heteroatoms. The van der Waals surface area contributed by atoms with Gasteiger partial charge >= 0.3 is 0 Å². The van der Waals surface area contributed by atoms with Crippen LogP contribution >= 0.6 is 11.6 Å². The van der Waals surface area contributed by atoms with Gasteiger partial charge in [0.2, 0.25) is 0 Å². The number of hydrazine groups is 1. The summed E-state index contributed by atoms with van der Waals surface area (Å²) in [5.41, 5.74) is 7.38. The van der Waals surface area contributed by atoms with Gasteiger partial charge in [-0.3, -0.25) is 10.7 Å². The second-order valence-electron chi connectivity index (χ2n) is 8.46. The Kier molecular flexibility index (Phi) is 6.00. The van der Waals surface area contributed by atoms with Gasteiger partial charge in [-0.15, -0.1) is 11.6 Å². The van der Waals surface area contributed by atoms with Crippen molar-refractivity contribution < 1.29 is 4.74 Å². The first-order valence-corrected chi connectivity index (χ1v) is 10.7. The third-order valence-corrected chi connectivity index (χ3v) is 7.40. The Labute approximate surface area is 151 Å². The van der Waals surface area contributed by atoms with Crippen LogP contribution in [0.3, 0.4) is 0 Å². The van der Waals surface area contributed by atoms with E-state index in [1.54, 1.807) is 0 Å². The molecule has 2 saturated heterocycles. The van der Waals surface area contributed by atoms with Gasteiger partial charge < -0.3 is 4.74 Å². The first kappa shape index (κ1) is 17.5. The highest BCUT2D eigenvalue weighted by atomic mass is 35.5. The number of ether oxygens (including phenoxy) is 1. The molecule has 0 aromatic rings. The van der Waals surface area contributed by atoms with Gasteiger partial charge in [-0.05, 0) is 69.1 Å². The van der Waals surface area contributed by atoms with Gasteiger partial charge in [0, 0.05) is 24.6 Å². The monoisotopic (exact) mass is 355 g/mol. The molecule has 5 atom stereocenters. The molecule has 4 fully saturated rings. The quantitative estimate of drug-likeness (QED) is 0.678. The van der Waals surface area contributed by atoms with E-state index in [1.165, 1.54) is 64.2 Å². The summed E-state index contributed by atoms with van der Waals surface area (Å²) >= 11 is 6.33. The fraction of sp³-hybridized carbons (Fsp3) is 1.00. The summed E-state index contributed by atoms with van der Waals surface area (Å²) < 4.78 is 5.78. The van der Waals surface area contributed by atoms with Crippen LogP contribution in [-0.2, 0) is 4.74 Å². The third-order valence-electron chi connectivity index (χ3n) is 6.97. The molecule has 2 heterocycles. The standard InChI is InChI=1S/C19H34ClN3O/c20-14-9-7-13(8-10-14)18-16-5-1-2-6-17(16)19(23-22-18)21-12-15-4-3-11-24-15/h13-19,21-23H,1-12H2. The number of alkyl halides is 1. The number of hydrogen-bond donors (Lipinski definition) is 3. The van der Waals surface area contributed by atoms with Crippen LogP contribution in [0.15, 0.2) is 0 Å². The van der Waals surface area contributed by atoms with Crippen molar-refractivity contribution in [2.45, 2.75) is 87.9 Å². The van der Waals surface area contributed by atoms with Gasteiger partial charge in [-0.2, -0.15) is 0 Å². The van der Waals surface area contributed by atoms with E-state index < -0.39 is 0 Å². The van der Waals surface area contributed by atoms with Crippen LogP contribution in [0, 0.1) is 17.8 Å². The van der Waals surface area contributed by atoms with Crippen LogP contribution in [0.5, 0.6) is 0 Å². The molecular weight excluding hydrogens is 322 g/mol. The smallest absolute Gasteiger partial charge is 0.0736 e. The zero-order valence-corrected chi connectivity index (χ0v) is 15.6. The van der Waals surface area contributed by atoms with Crippen LogP contribution in [-0.4, -0.2) is 36.8 Å². The van der Waals surface area contributed by atoms with E-state index in [2.05, 4.69) is 16.2 Å². The van der Waals surface area contributed by atoms with Gasteiger partial charge in [0.05, 0.1) is 12.3 Å². The van der Waals surface area contributed by atoms with Crippen molar-refractivity contribution in [2.24, 2.45) is 17.8 Å². The molecule has 0 aromatic heterocycles. The molecule has 2 saturated carbocycles. The molecule has 24 heavy (non-hydrogen) atoms. The Morgan fingerprint density at radius 3 is 2.42 bits per heavy atom. The van der Waals surface area contributed by atoms with Gasteiger partial charge in [-0.25, -0.2) is 5.43 Å². The zero-order chi connectivity index (χ0) is 16.4. The Hall–Kier alpha value is 0.130. The SMILES string of the molecule is ClC1CCC(C2NNC(NCC3CCCO3)C3CCCCC32)CC1. The average molecular weight is 356 g/mol. The van der Waals surface area contributed by atoms with Crippen molar-refractivity contribution in [3.63, 3.8) is 0 Å².